The van der Waals surface area contributed by atoms with E-state index in [1.165, 1.54) is 0 Å². The molecular formula is C12H13N3O2S. The fourth-order valence-corrected chi connectivity index (χ4v) is 3.23. The molecule has 0 aromatic carbocycles. The maximum Gasteiger partial charge on any atom is 0.233 e. The standard InChI is InChI=1S/C12H13N3O2S/c1-7-4-13-3-2-8(7)11-14-12(17-15-11)9-5-18-6-10(9)16/h2-4,9-10,16H,5-6H2,1H3. The van der Waals surface area contributed by atoms with Crippen LogP contribution in [0.15, 0.2) is 23.0 Å². The molecule has 18 heavy (non-hydrogen) atoms. The summed E-state index contributed by atoms with van der Waals surface area (Å²) in [5, 5.41) is 13.8. The highest BCUT2D eigenvalue weighted by molar-refractivity contribution is 7.99. The molecule has 0 spiro atoms. The Balaban J connectivity index is 1.92. The highest BCUT2D eigenvalue weighted by Gasteiger charge is 2.32. The van der Waals surface area contributed by atoms with Crippen LogP contribution >= 0.6 is 11.8 Å². The van der Waals surface area contributed by atoms with Crippen molar-refractivity contribution in [2.45, 2.75) is 18.9 Å². The van der Waals surface area contributed by atoms with Crippen LogP contribution in [-0.2, 0) is 0 Å². The predicted molar refractivity (Wildman–Crippen MR) is 68.3 cm³/mol. The molecular weight excluding hydrogens is 250 g/mol. The molecule has 0 aliphatic carbocycles. The van der Waals surface area contributed by atoms with Gasteiger partial charge in [-0.2, -0.15) is 16.7 Å². The van der Waals surface area contributed by atoms with E-state index in [-0.39, 0.29) is 12.0 Å². The summed E-state index contributed by atoms with van der Waals surface area (Å²) in [5.74, 6) is 2.61. The third kappa shape index (κ3) is 2.02. The topological polar surface area (TPSA) is 72.0 Å². The molecule has 1 aliphatic rings. The molecule has 0 radical (unpaired) electrons. The third-order valence-electron chi connectivity index (χ3n) is 3.07. The number of aromatic nitrogens is 3. The molecule has 3 heterocycles. The first-order valence-corrected chi connectivity index (χ1v) is 6.91. The van der Waals surface area contributed by atoms with E-state index in [9.17, 15) is 5.11 Å². The van der Waals surface area contributed by atoms with Gasteiger partial charge >= 0.3 is 0 Å². The third-order valence-corrected chi connectivity index (χ3v) is 4.24. The number of aliphatic hydroxyl groups excluding tert-OH is 1. The van der Waals surface area contributed by atoms with Gasteiger partial charge in [0.2, 0.25) is 11.7 Å². The Hall–Kier alpha value is -1.40. The Morgan fingerprint density at radius 2 is 2.33 bits per heavy atom. The zero-order chi connectivity index (χ0) is 12.5. The first kappa shape index (κ1) is 11.7. The summed E-state index contributed by atoms with van der Waals surface area (Å²) in [6, 6.07) is 1.86. The van der Waals surface area contributed by atoms with Gasteiger partial charge in [-0.15, -0.1) is 0 Å². The van der Waals surface area contributed by atoms with Crippen molar-refractivity contribution in [2.24, 2.45) is 0 Å². The molecule has 3 rings (SSSR count). The number of aryl methyl sites for hydroxylation is 1. The van der Waals surface area contributed by atoms with Crippen molar-refractivity contribution in [3.8, 4) is 11.4 Å². The van der Waals surface area contributed by atoms with Gasteiger partial charge in [0, 0.05) is 29.5 Å². The molecule has 1 N–H and O–H groups in total. The monoisotopic (exact) mass is 263 g/mol. The molecule has 0 amide bonds. The highest BCUT2D eigenvalue weighted by atomic mass is 32.2. The van der Waals surface area contributed by atoms with Crippen LogP contribution in [0.25, 0.3) is 11.4 Å². The Morgan fingerprint density at radius 3 is 3.06 bits per heavy atom. The second kappa shape index (κ2) is 4.70. The van der Waals surface area contributed by atoms with Crippen molar-refractivity contribution < 1.29 is 9.63 Å². The van der Waals surface area contributed by atoms with Crippen LogP contribution in [0.4, 0.5) is 0 Å². The van der Waals surface area contributed by atoms with Crippen molar-refractivity contribution in [1.29, 1.82) is 0 Å². The zero-order valence-electron chi connectivity index (χ0n) is 9.91. The number of nitrogens with zero attached hydrogens (tertiary/aromatic N) is 3. The average Bonchev–Trinajstić information content (AvgIpc) is 2.98. The first-order chi connectivity index (χ1) is 8.75. The normalized spacial score (nSPS) is 23.4. The van der Waals surface area contributed by atoms with Gasteiger partial charge < -0.3 is 9.63 Å². The van der Waals surface area contributed by atoms with Crippen molar-refractivity contribution in [3.05, 3.63) is 29.9 Å². The SMILES string of the molecule is Cc1cnccc1-c1noc(C2CSCC2O)n1. The van der Waals surface area contributed by atoms with Crippen LogP contribution in [0.2, 0.25) is 0 Å². The van der Waals surface area contributed by atoms with Gasteiger partial charge in [-0.3, -0.25) is 4.98 Å². The molecule has 2 unspecified atom stereocenters. The predicted octanol–water partition coefficient (Wildman–Crippen LogP) is 1.63. The van der Waals surface area contributed by atoms with Gasteiger partial charge in [0.25, 0.3) is 0 Å². The number of aliphatic hydroxyl groups is 1. The summed E-state index contributed by atoms with van der Waals surface area (Å²) in [6.07, 6.45) is 3.09. The maximum absolute atomic E-state index is 9.82. The Labute approximate surface area is 109 Å². The number of rotatable bonds is 2. The van der Waals surface area contributed by atoms with E-state index < -0.39 is 0 Å². The van der Waals surface area contributed by atoms with Crippen molar-refractivity contribution >= 4 is 11.8 Å². The van der Waals surface area contributed by atoms with Crippen LogP contribution in [-0.4, -0.2) is 37.8 Å². The van der Waals surface area contributed by atoms with Gasteiger partial charge in [0.05, 0.1) is 12.0 Å². The lowest BCUT2D eigenvalue weighted by atomic mass is 10.1. The molecule has 2 atom stereocenters. The van der Waals surface area contributed by atoms with Crippen LogP contribution in [0.5, 0.6) is 0 Å². The van der Waals surface area contributed by atoms with Gasteiger partial charge in [-0.1, -0.05) is 5.16 Å². The minimum atomic E-state index is -0.387. The van der Waals surface area contributed by atoms with Crippen LogP contribution < -0.4 is 0 Å². The summed E-state index contributed by atoms with van der Waals surface area (Å²) < 4.78 is 5.27. The van der Waals surface area contributed by atoms with Gasteiger partial charge in [-0.25, -0.2) is 0 Å². The summed E-state index contributed by atoms with van der Waals surface area (Å²) >= 11 is 1.71. The molecule has 0 bridgehead atoms. The van der Waals surface area contributed by atoms with Crippen molar-refractivity contribution in [1.82, 2.24) is 15.1 Å². The Bertz CT molecular complexity index is 558. The molecule has 1 aliphatic heterocycles. The van der Waals surface area contributed by atoms with Gasteiger partial charge in [-0.05, 0) is 18.6 Å². The fraction of sp³-hybridized carbons (Fsp3) is 0.417. The lowest BCUT2D eigenvalue weighted by molar-refractivity contribution is 0.164. The fourth-order valence-electron chi connectivity index (χ4n) is 2.00. The lowest BCUT2D eigenvalue weighted by Gasteiger charge is -2.06. The molecule has 1 saturated heterocycles. The number of hydrogen-bond donors (Lipinski definition) is 1. The summed E-state index contributed by atoms with van der Waals surface area (Å²) in [4.78, 5) is 8.43. The first-order valence-electron chi connectivity index (χ1n) is 5.76. The largest absolute Gasteiger partial charge is 0.391 e. The Kier molecular flexibility index (Phi) is 3.05. The minimum absolute atomic E-state index is 0.0432. The lowest BCUT2D eigenvalue weighted by Crippen LogP contribution is -2.15. The number of thioether (sulfide) groups is 1. The van der Waals surface area contributed by atoms with E-state index in [0.29, 0.717) is 11.7 Å². The second-order valence-electron chi connectivity index (χ2n) is 4.36. The second-order valence-corrected chi connectivity index (χ2v) is 5.43. The number of hydrogen-bond acceptors (Lipinski definition) is 6. The van der Waals surface area contributed by atoms with Gasteiger partial charge in [0.1, 0.15) is 0 Å². The average molecular weight is 263 g/mol. The molecule has 2 aromatic heterocycles. The van der Waals surface area contributed by atoms with Crippen LogP contribution in [0.1, 0.15) is 17.4 Å². The van der Waals surface area contributed by atoms with E-state index in [0.717, 1.165) is 22.6 Å². The van der Waals surface area contributed by atoms with Gasteiger partial charge in [0.15, 0.2) is 0 Å². The molecule has 2 aromatic rings. The van der Waals surface area contributed by atoms with Crippen LogP contribution in [0.3, 0.4) is 0 Å². The molecule has 5 nitrogen and oxygen atoms in total. The van der Waals surface area contributed by atoms with Crippen molar-refractivity contribution in [3.63, 3.8) is 0 Å². The van der Waals surface area contributed by atoms with E-state index in [4.69, 9.17) is 4.52 Å². The summed E-state index contributed by atoms with van der Waals surface area (Å²) in [5.41, 5.74) is 1.92. The smallest absolute Gasteiger partial charge is 0.233 e. The Morgan fingerprint density at radius 1 is 1.44 bits per heavy atom. The summed E-state index contributed by atoms with van der Waals surface area (Å²) in [7, 11) is 0. The van der Waals surface area contributed by atoms with E-state index >= 15 is 0 Å². The van der Waals surface area contributed by atoms with Crippen LogP contribution in [0, 0.1) is 6.92 Å². The van der Waals surface area contributed by atoms with E-state index in [1.807, 2.05) is 13.0 Å². The highest BCUT2D eigenvalue weighted by Crippen LogP contribution is 2.32. The van der Waals surface area contributed by atoms with Crippen molar-refractivity contribution in [2.75, 3.05) is 11.5 Å². The maximum atomic E-state index is 9.82. The van der Waals surface area contributed by atoms with E-state index in [1.54, 1.807) is 24.2 Å². The molecule has 6 heteroatoms. The molecule has 0 saturated carbocycles. The van der Waals surface area contributed by atoms with E-state index in [2.05, 4.69) is 15.1 Å². The minimum Gasteiger partial charge on any atom is -0.391 e. The quantitative estimate of drug-likeness (QED) is 0.888. The molecule has 1 fully saturated rings. The molecule has 94 valence electrons. The number of pyridine rings is 1. The summed E-state index contributed by atoms with van der Waals surface area (Å²) in [6.45, 7) is 1.96. The zero-order valence-corrected chi connectivity index (χ0v) is 10.7.